The number of rotatable bonds is 5. The molecule has 0 amide bonds. The molecule has 1 aromatic carbocycles. The molecule has 0 N–H and O–H groups in total. The summed E-state index contributed by atoms with van der Waals surface area (Å²) in [7, 11) is -2.87. The highest BCUT2D eigenvalue weighted by atomic mass is 35.5. The number of aromatic nitrogens is 3. The smallest absolute Gasteiger partial charge is 0.326 e. The van der Waals surface area contributed by atoms with Crippen LogP contribution in [0.15, 0.2) is 47.5 Å². The lowest BCUT2D eigenvalue weighted by molar-refractivity contribution is -0.138. The van der Waals surface area contributed by atoms with Crippen LogP contribution >= 0.6 is 11.6 Å². The Morgan fingerprint density at radius 2 is 2.04 bits per heavy atom. The van der Waals surface area contributed by atoms with E-state index in [4.69, 9.17) is 11.6 Å². The fourth-order valence-electron chi connectivity index (χ4n) is 2.39. The second kappa shape index (κ2) is 6.93. The van der Waals surface area contributed by atoms with E-state index in [2.05, 4.69) is 14.9 Å². The number of halogens is 1. The van der Waals surface area contributed by atoms with Crippen molar-refractivity contribution in [2.45, 2.75) is 11.8 Å². The zero-order chi connectivity index (χ0) is 18.9. The summed E-state index contributed by atoms with van der Waals surface area (Å²) in [6.45, 7) is 1.22. The van der Waals surface area contributed by atoms with Crippen molar-refractivity contribution in [2.24, 2.45) is 0 Å². The van der Waals surface area contributed by atoms with Crippen LogP contribution in [-0.2, 0) is 19.6 Å². The number of anilines is 1. The second-order valence-electron chi connectivity index (χ2n) is 5.41. The molecule has 2 aromatic heterocycles. The van der Waals surface area contributed by atoms with Crippen molar-refractivity contribution in [1.29, 1.82) is 0 Å². The van der Waals surface area contributed by atoms with E-state index in [0.717, 1.165) is 4.31 Å². The zero-order valence-electron chi connectivity index (χ0n) is 14.0. The van der Waals surface area contributed by atoms with Gasteiger partial charge in [0.1, 0.15) is 17.3 Å². The number of benzene rings is 1. The van der Waals surface area contributed by atoms with E-state index in [0.29, 0.717) is 16.5 Å². The normalized spacial score (nSPS) is 11.5. The number of carbonyl (C=O) groups excluding carboxylic acids is 1. The molecule has 0 aliphatic rings. The fraction of sp³-hybridized carbons (Fsp3) is 0.188. The number of hydrogen-bond acceptors (Lipinski definition) is 6. The Labute approximate surface area is 155 Å². The molecule has 0 atom stereocenters. The summed E-state index contributed by atoms with van der Waals surface area (Å²) < 4.78 is 33.5. The minimum atomic E-state index is -4.06. The maximum atomic E-state index is 13.2. The number of aryl methyl sites for hydroxylation is 1. The van der Waals surface area contributed by atoms with Gasteiger partial charge in [0, 0.05) is 11.2 Å². The molecule has 136 valence electrons. The Kier molecular flexibility index (Phi) is 4.84. The number of pyridine rings is 1. The Bertz CT molecular complexity index is 1080. The van der Waals surface area contributed by atoms with Crippen molar-refractivity contribution in [3.63, 3.8) is 0 Å². The third kappa shape index (κ3) is 3.35. The Morgan fingerprint density at radius 1 is 1.27 bits per heavy atom. The van der Waals surface area contributed by atoms with Gasteiger partial charge in [0.05, 0.1) is 12.8 Å². The van der Waals surface area contributed by atoms with Gasteiger partial charge in [0.25, 0.3) is 10.0 Å². The monoisotopic (exact) mass is 394 g/mol. The lowest BCUT2D eigenvalue weighted by Gasteiger charge is -2.23. The average Bonchev–Trinajstić information content (AvgIpc) is 2.99. The number of fused-ring (bicyclic) bond motifs is 1. The molecule has 0 aliphatic heterocycles. The molecule has 0 saturated heterocycles. The van der Waals surface area contributed by atoms with E-state index in [9.17, 15) is 13.2 Å². The van der Waals surface area contributed by atoms with Crippen LogP contribution in [0, 0.1) is 6.92 Å². The molecule has 0 unspecified atom stereocenters. The summed E-state index contributed by atoms with van der Waals surface area (Å²) in [6.07, 6.45) is 1.41. The van der Waals surface area contributed by atoms with Crippen molar-refractivity contribution >= 4 is 38.9 Å². The van der Waals surface area contributed by atoms with Crippen molar-refractivity contribution in [2.75, 3.05) is 18.0 Å². The largest absolute Gasteiger partial charge is 0.468 e. The molecule has 0 fully saturated rings. The van der Waals surface area contributed by atoms with Crippen LogP contribution in [0.4, 0.5) is 5.69 Å². The van der Waals surface area contributed by atoms with Crippen LogP contribution in [-0.4, -0.2) is 42.6 Å². The van der Waals surface area contributed by atoms with Gasteiger partial charge in [0.15, 0.2) is 5.65 Å². The number of hydrogen-bond donors (Lipinski definition) is 0. The molecule has 0 radical (unpaired) electrons. The molecule has 3 rings (SSSR count). The highest BCUT2D eigenvalue weighted by Crippen LogP contribution is 2.26. The number of esters is 1. The highest BCUT2D eigenvalue weighted by molar-refractivity contribution is 7.92. The van der Waals surface area contributed by atoms with Crippen molar-refractivity contribution in [3.05, 3.63) is 53.4 Å². The van der Waals surface area contributed by atoms with Crippen LogP contribution in [0.1, 0.15) is 5.82 Å². The molecule has 2 heterocycles. The summed E-state index contributed by atoms with van der Waals surface area (Å²) in [5.74, 6) is -0.158. The van der Waals surface area contributed by atoms with E-state index in [1.807, 2.05) is 0 Å². The third-order valence-corrected chi connectivity index (χ3v) is 5.72. The molecule has 10 heteroatoms. The number of carbonyl (C=O) groups is 1. The lowest BCUT2D eigenvalue weighted by atomic mass is 10.3. The van der Waals surface area contributed by atoms with Crippen molar-refractivity contribution in [1.82, 2.24) is 14.6 Å². The summed E-state index contributed by atoms with van der Waals surface area (Å²) in [4.78, 5) is 11.8. The van der Waals surface area contributed by atoms with E-state index in [1.54, 1.807) is 35.6 Å². The zero-order valence-corrected chi connectivity index (χ0v) is 15.5. The standard InChI is InChI=1S/C16H15ClN4O4S/c1-11-18-19-15-7-6-14(9-20(11)15)26(23,24)21(10-16(22)25-2)13-5-3-4-12(17)8-13/h3-9H,10H2,1-2H3. The lowest BCUT2D eigenvalue weighted by Crippen LogP contribution is -2.36. The van der Waals surface area contributed by atoms with Crippen LogP contribution in [0.2, 0.25) is 5.02 Å². The molecule has 0 spiro atoms. The quantitative estimate of drug-likeness (QED) is 0.615. The van der Waals surface area contributed by atoms with Crippen molar-refractivity contribution in [3.8, 4) is 0 Å². The van der Waals surface area contributed by atoms with Gasteiger partial charge in [-0.3, -0.25) is 13.5 Å². The summed E-state index contributed by atoms with van der Waals surface area (Å²) in [5, 5.41) is 8.18. The van der Waals surface area contributed by atoms with Crippen molar-refractivity contribution < 1.29 is 17.9 Å². The SMILES string of the molecule is COC(=O)CN(c1cccc(Cl)c1)S(=O)(=O)c1ccc2nnc(C)n2c1. The van der Waals surface area contributed by atoms with Gasteiger partial charge >= 0.3 is 5.97 Å². The molecule has 3 aromatic rings. The van der Waals surface area contributed by atoms with Crippen LogP contribution < -0.4 is 4.31 Å². The molecule has 8 nitrogen and oxygen atoms in total. The Hall–Kier alpha value is -2.65. The first-order chi connectivity index (χ1) is 12.3. The first kappa shape index (κ1) is 18.2. The molecular formula is C16H15ClN4O4S. The molecule has 0 bridgehead atoms. The minimum Gasteiger partial charge on any atom is -0.468 e. The maximum absolute atomic E-state index is 13.2. The van der Waals surface area contributed by atoms with E-state index in [-0.39, 0.29) is 10.6 Å². The number of nitrogens with zero attached hydrogens (tertiary/aromatic N) is 4. The maximum Gasteiger partial charge on any atom is 0.326 e. The predicted molar refractivity (Wildman–Crippen MR) is 95.7 cm³/mol. The van der Waals surface area contributed by atoms with Crippen LogP contribution in [0.5, 0.6) is 0 Å². The second-order valence-corrected chi connectivity index (χ2v) is 7.71. The minimum absolute atomic E-state index is 0.0169. The average molecular weight is 395 g/mol. The fourth-order valence-corrected chi connectivity index (χ4v) is 3.98. The highest BCUT2D eigenvalue weighted by Gasteiger charge is 2.28. The molecule has 0 aliphatic carbocycles. The van der Waals surface area contributed by atoms with Gasteiger partial charge in [-0.25, -0.2) is 8.42 Å². The molecular weight excluding hydrogens is 380 g/mol. The van der Waals surface area contributed by atoms with Crippen LogP contribution in [0.3, 0.4) is 0 Å². The van der Waals surface area contributed by atoms with Gasteiger partial charge in [-0.05, 0) is 37.3 Å². The Morgan fingerprint density at radius 3 is 2.73 bits per heavy atom. The van der Waals surface area contributed by atoms with Gasteiger partial charge < -0.3 is 4.74 Å². The molecule has 26 heavy (non-hydrogen) atoms. The summed E-state index contributed by atoms with van der Waals surface area (Å²) >= 11 is 5.98. The number of sulfonamides is 1. The summed E-state index contributed by atoms with van der Waals surface area (Å²) in [5.41, 5.74) is 0.771. The number of ether oxygens (including phenoxy) is 1. The van der Waals surface area contributed by atoms with Gasteiger partial charge in [-0.15, -0.1) is 10.2 Å². The summed E-state index contributed by atoms with van der Waals surface area (Å²) in [6, 6.07) is 9.18. The number of methoxy groups -OCH3 is 1. The predicted octanol–water partition coefficient (Wildman–Crippen LogP) is 2.06. The van der Waals surface area contributed by atoms with Gasteiger partial charge in [-0.1, -0.05) is 17.7 Å². The van der Waals surface area contributed by atoms with E-state index in [1.165, 1.54) is 25.4 Å². The Balaban J connectivity index is 2.13. The molecule has 0 saturated carbocycles. The van der Waals surface area contributed by atoms with Crippen LogP contribution in [0.25, 0.3) is 5.65 Å². The first-order valence-electron chi connectivity index (χ1n) is 7.49. The third-order valence-electron chi connectivity index (χ3n) is 3.73. The topological polar surface area (TPSA) is 93.9 Å². The van der Waals surface area contributed by atoms with E-state index >= 15 is 0 Å². The van der Waals surface area contributed by atoms with Gasteiger partial charge in [0.2, 0.25) is 0 Å². The first-order valence-corrected chi connectivity index (χ1v) is 9.31. The van der Waals surface area contributed by atoms with E-state index < -0.39 is 22.5 Å². The van der Waals surface area contributed by atoms with Gasteiger partial charge in [-0.2, -0.15) is 0 Å².